The largest absolute Gasteiger partial charge is 0.455 e. The lowest BCUT2D eigenvalue weighted by atomic mass is 10.1. The third-order valence-electron chi connectivity index (χ3n) is 5.28. The molecule has 29 heavy (non-hydrogen) atoms. The van der Waals surface area contributed by atoms with Gasteiger partial charge in [-0.1, -0.05) is 60.7 Å². The van der Waals surface area contributed by atoms with Crippen LogP contribution in [0.2, 0.25) is 0 Å². The minimum Gasteiger partial charge on any atom is -0.455 e. The average Bonchev–Trinajstić information content (AvgIpc) is 2.79. The summed E-state index contributed by atoms with van der Waals surface area (Å²) in [7, 11) is 0. The fraction of sp³-hybridized carbons (Fsp3) is 0.240. The van der Waals surface area contributed by atoms with Crippen molar-refractivity contribution in [2.24, 2.45) is 0 Å². The first-order valence-corrected chi connectivity index (χ1v) is 10.2. The number of carbonyl (C=O) groups is 1. The topological polar surface area (TPSA) is 32.8 Å². The van der Waals surface area contributed by atoms with E-state index in [0.29, 0.717) is 6.42 Å². The number of carbonyl (C=O) groups excluding carboxylic acids is 1. The fourth-order valence-electron chi connectivity index (χ4n) is 3.67. The van der Waals surface area contributed by atoms with Crippen molar-refractivity contribution in [3.8, 4) is 11.5 Å². The summed E-state index contributed by atoms with van der Waals surface area (Å²) in [6.07, 6.45) is 1.37. The first kappa shape index (κ1) is 19.1. The van der Waals surface area contributed by atoms with Gasteiger partial charge >= 0.3 is 0 Å². The number of piperazine rings is 1. The highest BCUT2D eigenvalue weighted by Gasteiger charge is 2.22. The summed E-state index contributed by atoms with van der Waals surface area (Å²) in [5.41, 5.74) is 2.29. The first-order chi connectivity index (χ1) is 14.3. The summed E-state index contributed by atoms with van der Waals surface area (Å²) in [5, 5.41) is 0. The molecule has 1 saturated heterocycles. The van der Waals surface area contributed by atoms with Gasteiger partial charge in [-0.15, -0.1) is 0 Å². The molecule has 1 heterocycles. The number of benzene rings is 3. The summed E-state index contributed by atoms with van der Waals surface area (Å²) in [5.74, 6) is 1.92. The number of aryl methyl sites for hydroxylation is 1. The second-order valence-corrected chi connectivity index (χ2v) is 7.24. The van der Waals surface area contributed by atoms with Crippen LogP contribution >= 0.6 is 0 Å². The van der Waals surface area contributed by atoms with Gasteiger partial charge in [0.05, 0.1) is 5.69 Å². The predicted molar refractivity (Wildman–Crippen MR) is 117 cm³/mol. The molecule has 0 saturated carbocycles. The predicted octanol–water partition coefficient (Wildman–Crippen LogP) is 4.76. The Balaban J connectivity index is 1.34. The van der Waals surface area contributed by atoms with E-state index in [0.717, 1.165) is 49.8 Å². The number of hydrogen-bond donors (Lipinski definition) is 0. The molecule has 1 amide bonds. The normalized spacial score (nSPS) is 13.9. The van der Waals surface area contributed by atoms with Crippen LogP contribution in [0.5, 0.6) is 11.5 Å². The van der Waals surface area contributed by atoms with Gasteiger partial charge in [0.2, 0.25) is 5.91 Å². The van der Waals surface area contributed by atoms with E-state index in [9.17, 15) is 4.79 Å². The van der Waals surface area contributed by atoms with Crippen molar-refractivity contribution in [3.63, 3.8) is 0 Å². The fourth-order valence-corrected chi connectivity index (χ4v) is 3.67. The van der Waals surface area contributed by atoms with E-state index in [1.165, 1.54) is 5.56 Å². The molecule has 3 aromatic carbocycles. The molecule has 4 nitrogen and oxygen atoms in total. The second-order valence-electron chi connectivity index (χ2n) is 7.24. The Morgan fingerprint density at radius 2 is 1.38 bits per heavy atom. The van der Waals surface area contributed by atoms with E-state index < -0.39 is 0 Å². The van der Waals surface area contributed by atoms with Gasteiger partial charge in [0, 0.05) is 32.6 Å². The lowest BCUT2D eigenvalue weighted by Gasteiger charge is -2.36. The number of para-hydroxylation sites is 3. The molecule has 0 N–H and O–H groups in total. The molecule has 4 heteroatoms. The van der Waals surface area contributed by atoms with Crippen molar-refractivity contribution < 1.29 is 9.53 Å². The van der Waals surface area contributed by atoms with Gasteiger partial charge in [0.25, 0.3) is 0 Å². The highest BCUT2D eigenvalue weighted by Crippen LogP contribution is 2.32. The number of hydrogen-bond acceptors (Lipinski definition) is 3. The van der Waals surface area contributed by atoms with Crippen LogP contribution < -0.4 is 9.64 Å². The van der Waals surface area contributed by atoms with E-state index in [2.05, 4.69) is 23.1 Å². The Hall–Kier alpha value is -3.27. The first-order valence-electron chi connectivity index (χ1n) is 10.2. The van der Waals surface area contributed by atoms with Crippen LogP contribution in [0.25, 0.3) is 0 Å². The summed E-state index contributed by atoms with van der Waals surface area (Å²) in [6.45, 7) is 3.11. The molecule has 1 fully saturated rings. The molecule has 4 rings (SSSR count). The van der Waals surface area contributed by atoms with Crippen LogP contribution in [-0.4, -0.2) is 37.0 Å². The molecule has 148 valence electrons. The zero-order valence-corrected chi connectivity index (χ0v) is 16.5. The Morgan fingerprint density at radius 3 is 2.10 bits per heavy atom. The van der Waals surface area contributed by atoms with E-state index in [1.807, 2.05) is 71.6 Å². The Kier molecular flexibility index (Phi) is 6.10. The number of nitrogens with zero attached hydrogens (tertiary/aromatic N) is 2. The molecule has 0 aliphatic carbocycles. The van der Waals surface area contributed by atoms with Crippen LogP contribution in [-0.2, 0) is 11.2 Å². The molecular formula is C25H26N2O2. The molecule has 1 aliphatic heterocycles. The maximum atomic E-state index is 12.6. The van der Waals surface area contributed by atoms with Crippen LogP contribution in [0.1, 0.15) is 12.0 Å². The quantitative estimate of drug-likeness (QED) is 0.612. The zero-order valence-electron chi connectivity index (χ0n) is 16.5. The maximum absolute atomic E-state index is 12.6. The van der Waals surface area contributed by atoms with Crippen molar-refractivity contribution in [1.29, 1.82) is 0 Å². The minimum atomic E-state index is 0.238. The van der Waals surface area contributed by atoms with Crippen molar-refractivity contribution in [2.75, 3.05) is 31.1 Å². The molecule has 3 aromatic rings. The average molecular weight is 386 g/mol. The van der Waals surface area contributed by atoms with Crippen molar-refractivity contribution in [1.82, 2.24) is 4.90 Å². The summed E-state index contributed by atoms with van der Waals surface area (Å²) >= 11 is 0. The summed E-state index contributed by atoms with van der Waals surface area (Å²) in [6, 6.07) is 28.2. The van der Waals surface area contributed by atoms with Gasteiger partial charge in [0.15, 0.2) is 5.75 Å². The summed E-state index contributed by atoms with van der Waals surface area (Å²) in [4.78, 5) is 16.9. The number of rotatable bonds is 6. The van der Waals surface area contributed by atoms with Gasteiger partial charge in [-0.25, -0.2) is 0 Å². The molecular weight excluding hydrogens is 360 g/mol. The minimum absolute atomic E-state index is 0.238. The van der Waals surface area contributed by atoms with Gasteiger partial charge in [-0.05, 0) is 36.2 Å². The van der Waals surface area contributed by atoms with Crippen molar-refractivity contribution in [3.05, 3.63) is 90.5 Å². The zero-order chi connectivity index (χ0) is 19.9. The molecule has 0 spiro atoms. The van der Waals surface area contributed by atoms with Crippen LogP contribution in [0.3, 0.4) is 0 Å². The van der Waals surface area contributed by atoms with E-state index >= 15 is 0 Å². The van der Waals surface area contributed by atoms with Gasteiger partial charge in [-0.3, -0.25) is 4.79 Å². The lowest BCUT2D eigenvalue weighted by Crippen LogP contribution is -2.48. The van der Waals surface area contributed by atoms with Crippen LogP contribution in [0.4, 0.5) is 5.69 Å². The Labute approximate surface area is 172 Å². The van der Waals surface area contributed by atoms with Crippen molar-refractivity contribution >= 4 is 11.6 Å². The smallest absolute Gasteiger partial charge is 0.223 e. The second kappa shape index (κ2) is 9.28. The number of amides is 1. The monoisotopic (exact) mass is 386 g/mol. The maximum Gasteiger partial charge on any atom is 0.223 e. The van der Waals surface area contributed by atoms with Crippen LogP contribution in [0.15, 0.2) is 84.9 Å². The molecule has 0 radical (unpaired) electrons. The molecule has 0 aromatic heterocycles. The van der Waals surface area contributed by atoms with Gasteiger partial charge < -0.3 is 14.5 Å². The highest BCUT2D eigenvalue weighted by molar-refractivity contribution is 5.77. The standard InChI is InChI=1S/C25H26N2O2/c28-25(16-15-21-9-3-1-4-10-21)27-19-17-26(18-20-27)23-13-7-8-14-24(23)29-22-11-5-2-6-12-22/h1-14H,15-20H2. The number of ether oxygens (including phenoxy) is 1. The van der Waals surface area contributed by atoms with Gasteiger partial charge in [-0.2, -0.15) is 0 Å². The Morgan fingerprint density at radius 1 is 0.759 bits per heavy atom. The van der Waals surface area contributed by atoms with E-state index in [4.69, 9.17) is 4.74 Å². The van der Waals surface area contributed by atoms with Gasteiger partial charge in [0.1, 0.15) is 5.75 Å². The number of anilines is 1. The highest BCUT2D eigenvalue weighted by atomic mass is 16.5. The molecule has 0 atom stereocenters. The Bertz CT molecular complexity index is 920. The SMILES string of the molecule is O=C(CCc1ccccc1)N1CCN(c2ccccc2Oc2ccccc2)CC1. The molecule has 0 unspecified atom stereocenters. The van der Waals surface area contributed by atoms with E-state index in [1.54, 1.807) is 0 Å². The molecule has 1 aliphatic rings. The third kappa shape index (κ3) is 4.96. The third-order valence-corrected chi connectivity index (χ3v) is 5.28. The van der Waals surface area contributed by atoms with E-state index in [-0.39, 0.29) is 5.91 Å². The summed E-state index contributed by atoms with van der Waals surface area (Å²) < 4.78 is 6.10. The van der Waals surface area contributed by atoms with Crippen LogP contribution in [0, 0.1) is 0 Å². The lowest BCUT2D eigenvalue weighted by molar-refractivity contribution is -0.131. The van der Waals surface area contributed by atoms with Crippen molar-refractivity contribution in [2.45, 2.75) is 12.8 Å². The molecule has 0 bridgehead atoms.